The summed E-state index contributed by atoms with van der Waals surface area (Å²) in [6.45, 7) is 8.81. The number of hydrogen-bond acceptors (Lipinski definition) is 3. The molecule has 1 heterocycles. The lowest BCUT2D eigenvalue weighted by Gasteiger charge is -2.20. The Balaban J connectivity index is 2.14. The molecule has 0 bridgehead atoms. The molecule has 112 valence electrons. The Labute approximate surface area is 129 Å². The van der Waals surface area contributed by atoms with Gasteiger partial charge in [0, 0.05) is 5.56 Å². The van der Waals surface area contributed by atoms with Crippen LogP contribution in [-0.2, 0) is 12.0 Å². The number of aromatic carboxylic acids is 1. The van der Waals surface area contributed by atoms with E-state index in [2.05, 4.69) is 32.9 Å². The van der Waals surface area contributed by atoms with Crippen molar-refractivity contribution < 1.29 is 14.6 Å². The molecule has 0 saturated heterocycles. The minimum atomic E-state index is -0.900. The first-order chi connectivity index (χ1) is 9.79. The van der Waals surface area contributed by atoms with Crippen LogP contribution in [-0.4, -0.2) is 11.1 Å². The number of hydrogen-bond donors (Lipinski definition) is 1. The Kier molecular flexibility index (Phi) is 4.37. The maximum Gasteiger partial charge on any atom is 0.346 e. The zero-order chi connectivity index (χ0) is 15.6. The van der Waals surface area contributed by atoms with Crippen LogP contribution in [0.25, 0.3) is 0 Å². The van der Waals surface area contributed by atoms with Crippen LogP contribution < -0.4 is 4.74 Å². The first kappa shape index (κ1) is 15.6. The highest BCUT2D eigenvalue weighted by atomic mass is 32.1. The second-order valence-electron chi connectivity index (χ2n) is 6.10. The summed E-state index contributed by atoms with van der Waals surface area (Å²) in [7, 11) is 0. The summed E-state index contributed by atoms with van der Waals surface area (Å²) in [6.07, 6.45) is 0. The third kappa shape index (κ3) is 3.64. The van der Waals surface area contributed by atoms with Crippen molar-refractivity contribution in [1.29, 1.82) is 0 Å². The van der Waals surface area contributed by atoms with E-state index in [1.807, 2.05) is 13.0 Å². The molecule has 0 aliphatic carbocycles. The molecule has 2 rings (SSSR count). The molecule has 1 aromatic heterocycles. The monoisotopic (exact) mass is 304 g/mol. The van der Waals surface area contributed by atoms with Gasteiger partial charge in [-0.1, -0.05) is 32.9 Å². The number of carboxylic acid groups (broad SMARTS) is 1. The molecule has 0 spiro atoms. The number of ether oxygens (including phenoxy) is 1. The lowest BCUT2D eigenvalue weighted by atomic mass is 9.86. The normalized spacial score (nSPS) is 11.4. The molecular formula is C17H20O3S. The second kappa shape index (κ2) is 5.90. The quantitative estimate of drug-likeness (QED) is 0.895. The number of carbonyl (C=O) groups is 1. The molecule has 3 nitrogen and oxygen atoms in total. The van der Waals surface area contributed by atoms with Gasteiger partial charge < -0.3 is 9.84 Å². The second-order valence-corrected chi connectivity index (χ2v) is 7.02. The SMILES string of the molecule is Cc1cc(C(C)(C)C)ccc1OCc1ccsc1C(=O)O. The molecule has 0 aliphatic heterocycles. The molecule has 0 radical (unpaired) electrons. The van der Waals surface area contributed by atoms with Crippen molar-refractivity contribution in [3.63, 3.8) is 0 Å². The van der Waals surface area contributed by atoms with Crippen LogP contribution in [0.4, 0.5) is 0 Å². The van der Waals surface area contributed by atoms with E-state index in [0.717, 1.165) is 11.3 Å². The minimum absolute atomic E-state index is 0.104. The summed E-state index contributed by atoms with van der Waals surface area (Å²) in [5.74, 6) is -0.103. The number of aryl methyl sites for hydroxylation is 1. The highest BCUT2D eigenvalue weighted by molar-refractivity contribution is 7.12. The Hall–Kier alpha value is -1.81. The molecule has 0 fully saturated rings. The van der Waals surface area contributed by atoms with Crippen molar-refractivity contribution in [3.05, 3.63) is 51.2 Å². The third-order valence-corrected chi connectivity index (χ3v) is 4.31. The van der Waals surface area contributed by atoms with E-state index in [0.29, 0.717) is 10.4 Å². The van der Waals surface area contributed by atoms with Gasteiger partial charge in [0.05, 0.1) is 0 Å². The van der Waals surface area contributed by atoms with Crippen LogP contribution >= 0.6 is 11.3 Å². The van der Waals surface area contributed by atoms with Crippen molar-refractivity contribution >= 4 is 17.3 Å². The molecule has 2 aromatic rings. The average molecular weight is 304 g/mol. The summed E-state index contributed by atoms with van der Waals surface area (Å²) < 4.78 is 5.78. The van der Waals surface area contributed by atoms with Gasteiger partial charge in [-0.25, -0.2) is 4.79 Å². The lowest BCUT2D eigenvalue weighted by Crippen LogP contribution is -2.11. The predicted molar refractivity (Wildman–Crippen MR) is 85.5 cm³/mol. The summed E-state index contributed by atoms with van der Waals surface area (Å²) in [4.78, 5) is 11.4. The highest BCUT2D eigenvalue weighted by Crippen LogP contribution is 2.28. The number of rotatable bonds is 4. The Bertz CT molecular complexity index is 650. The van der Waals surface area contributed by atoms with Gasteiger partial charge in [0.15, 0.2) is 0 Å². The zero-order valence-electron chi connectivity index (χ0n) is 12.8. The molecule has 0 aliphatic rings. The van der Waals surface area contributed by atoms with Gasteiger partial charge in [-0.05, 0) is 41.0 Å². The van der Waals surface area contributed by atoms with E-state index < -0.39 is 5.97 Å². The van der Waals surface area contributed by atoms with Crippen LogP contribution in [0.3, 0.4) is 0 Å². The summed E-state index contributed by atoms with van der Waals surface area (Å²) in [5, 5.41) is 10.9. The maximum absolute atomic E-state index is 11.1. The fourth-order valence-electron chi connectivity index (χ4n) is 2.07. The molecule has 0 saturated carbocycles. The van der Waals surface area contributed by atoms with E-state index in [1.54, 1.807) is 11.4 Å². The molecule has 0 amide bonds. The van der Waals surface area contributed by atoms with E-state index in [-0.39, 0.29) is 12.0 Å². The van der Waals surface area contributed by atoms with Crippen molar-refractivity contribution in [2.45, 2.75) is 39.7 Å². The van der Waals surface area contributed by atoms with Crippen LogP contribution in [0.15, 0.2) is 29.6 Å². The summed E-state index contributed by atoms with van der Waals surface area (Å²) in [6, 6.07) is 7.95. The van der Waals surface area contributed by atoms with Crippen molar-refractivity contribution in [2.75, 3.05) is 0 Å². The van der Waals surface area contributed by atoms with Crippen LogP contribution in [0.5, 0.6) is 5.75 Å². The number of benzene rings is 1. The van der Waals surface area contributed by atoms with Crippen molar-refractivity contribution in [1.82, 2.24) is 0 Å². The third-order valence-electron chi connectivity index (χ3n) is 3.37. The fraction of sp³-hybridized carbons (Fsp3) is 0.353. The smallest absolute Gasteiger partial charge is 0.346 e. The van der Waals surface area contributed by atoms with E-state index in [9.17, 15) is 4.79 Å². The van der Waals surface area contributed by atoms with Crippen molar-refractivity contribution in [2.24, 2.45) is 0 Å². The number of thiophene rings is 1. The topological polar surface area (TPSA) is 46.5 Å². The summed E-state index contributed by atoms with van der Waals surface area (Å²) in [5.41, 5.74) is 3.14. The first-order valence-corrected chi connectivity index (χ1v) is 7.70. The molecule has 21 heavy (non-hydrogen) atoms. The van der Waals surface area contributed by atoms with Gasteiger partial charge in [0.2, 0.25) is 0 Å². The van der Waals surface area contributed by atoms with Gasteiger partial charge in [-0.2, -0.15) is 0 Å². The highest BCUT2D eigenvalue weighted by Gasteiger charge is 2.16. The Morgan fingerprint density at radius 3 is 2.57 bits per heavy atom. The van der Waals surface area contributed by atoms with Crippen LogP contribution in [0, 0.1) is 6.92 Å². The van der Waals surface area contributed by atoms with E-state index >= 15 is 0 Å². The van der Waals surface area contributed by atoms with Gasteiger partial charge >= 0.3 is 5.97 Å². The first-order valence-electron chi connectivity index (χ1n) is 6.82. The minimum Gasteiger partial charge on any atom is -0.489 e. The maximum atomic E-state index is 11.1. The summed E-state index contributed by atoms with van der Waals surface area (Å²) >= 11 is 1.22. The Morgan fingerprint density at radius 1 is 1.29 bits per heavy atom. The standard InChI is InChI=1S/C17H20O3S/c1-11-9-13(17(2,3)4)5-6-14(11)20-10-12-7-8-21-15(12)16(18)19/h5-9H,10H2,1-4H3,(H,18,19). The molecule has 0 atom stereocenters. The van der Waals surface area contributed by atoms with Gasteiger partial charge in [0.25, 0.3) is 0 Å². The molecule has 0 unspecified atom stereocenters. The van der Waals surface area contributed by atoms with E-state index in [4.69, 9.17) is 9.84 Å². The van der Waals surface area contributed by atoms with Gasteiger partial charge in [0.1, 0.15) is 17.2 Å². The Morgan fingerprint density at radius 2 is 2.00 bits per heavy atom. The van der Waals surface area contributed by atoms with Gasteiger partial charge in [-0.3, -0.25) is 0 Å². The van der Waals surface area contributed by atoms with Crippen LogP contribution in [0.2, 0.25) is 0 Å². The number of carboxylic acids is 1. The van der Waals surface area contributed by atoms with Gasteiger partial charge in [-0.15, -0.1) is 11.3 Å². The molecule has 4 heteroatoms. The molecule has 1 N–H and O–H groups in total. The van der Waals surface area contributed by atoms with E-state index in [1.165, 1.54) is 16.9 Å². The molecular weight excluding hydrogens is 284 g/mol. The average Bonchev–Trinajstić information content (AvgIpc) is 2.84. The molecule has 1 aromatic carbocycles. The largest absolute Gasteiger partial charge is 0.489 e. The lowest BCUT2D eigenvalue weighted by molar-refractivity contribution is 0.0699. The predicted octanol–water partition coefficient (Wildman–Crippen LogP) is 4.63. The van der Waals surface area contributed by atoms with Crippen LogP contribution in [0.1, 0.15) is 47.1 Å². The van der Waals surface area contributed by atoms with Crippen molar-refractivity contribution in [3.8, 4) is 5.75 Å². The fourth-order valence-corrected chi connectivity index (χ4v) is 2.82. The zero-order valence-corrected chi connectivity index (χ0v) is 13.6.